The van der Waals surface area contributed by atoms with E-state index in [1.165, 1.54) is 0 Å². The van der Waals surface area contributed by atoms with Crippen molar-refractivity contribution in [2.24, 2.45) is 5.92 Å². The van der Waals surface area contributed by atoms with E-state index in [4.69, 9.17) is 9.47 Å². The zero-order valence-electron chi connectivity index (χ0n) is 14.2. The van der Waals surface area contributed by atoms with Gasteiger partial charge in [0.25, 0.3) is 0 Å². The van der Waals surface area contributed by atoms with Gasteiger partial charge in [0.15, 0.2) is 0 Å². The van der Waals surface area contributed by atoms with E-state index in [2.05, 4.69) is 24.5 Å². The van der Waals surface area contributed by atoms with E-state index in [0.29, 0.717) is 18.6 Å². The van der Waals surface area contributed by atoms with E-state index in [0.717, 1.165) is 32.4 Å². The maximum atomic E-state index is 11.7. The quantitative estimate of drug-likeness (QED) is 0.759. The summed E-state index contributed by atoms with van der Waals surface area (Å²) in [7, 11) is 0. The minimum Gasteiger partial charge on any atom is -0.444 e. The summed E-state index contributed by atoms with van der Waals surface area (Å²) in [6.45, 7) is 12.3. The van der Waals surface area contributed by atoms with Gasteiger partial charge < -0.3 is 20.1 Å². The lowest BCUT2D eigenvalue weighted by atomic mass is 10.0. The molecule has 0 radical (unpaired) electrons. The molecule has 0 aromatic rings. The number of amides is 1. The fourth-order valence-corrected chi connectivity index (χ4v) is 2.43. The van der Waals surface area contributed by atoms with Crippen LogP contribution in [0.15, 0.2) is 0 Å². The van der Waals surface area contributed by atoms with Gasteiger partial charge >= 0.3 is 6.09 Å². The maximum Gasteiger partial charge on any atom is 0.407 e. The third kappa shape index (κ3) is 8.94. The highest BCUT2D eigenvalue weighted by atomic mass is 16.6. The molecule has 124 valence electrons. The number of carbonyl (C=O) groups is 1. The number of nitrogens with one attached hydrogen (secondary N) is 2. The summed E-state index contributed by atoms with van der Waals surface area (Å²) < 4.78 is 10.9. The molecular weight excluding hydrogens is 268 g/mol. The van der Waals surface area contributed by atoms with Crippen molar-refractivity contribution >= 4 is 6.09 Å². The number of carbonyl (C=O) groups excluding carboxylic acids is 1. The Hall–Kier alpha value is -0.810. The van der Waals surface area contributed by atoms with Gasteiger partial charge in [-0.2, -0.15) is 0 Å². The second-order valence-electron chi connectivity index (χ2n) is 7.25. The van der Waals surface area contributed by atoms with E-state index >= 15 is 0 Å². The van der Waals surface area contributed by atoms with Crippen molar-refractivity contribution < 1.29 is 14.3 Å². The fraction of sp³-hybridized carbons (Fsp3) is 0.938. The van der Waals surface area contributed by atoms with E-state index < -0.39 is 5.60 Å². The number of hydrogen-bond donors (Lipinski definition) is 2. The SMILES string of the molecule is CC(C)CC(CNC(=O)OC(C)(C)C)NCC1CCCO1. The van der Waals surface area contributed by atoms with E-state index in [-0.39, 0.29) is 12.1 Å². The molecule has 1 amide bonds. The van der Waals surface area contributed by atoms with Gasteiger partial charge in [-0.15, -0.1) is 0 Å². The molecule has 0 aromatic heterocycles. The van der Waals surface area contributed by atoms with Gasteiger partial charge in [-0.05, 0) is 46.0 Å². The van der Waals surface area contributed by atoms with Gasteiger partial charge in [0.1, 0.15) is 5.60 Å². The molecule has 5 nitrogen and oxygen atoms in total. The molecule has 1 saturated heterocycles. The Labute approximate surface area is 129 Å². The molecule has 1 heterocycles. The first-order valence-corrected chi connectivity index (χ1v) is 8.08. The highest BCUT2D eigenvalue weighted by Crippen LogP contribution is 2.12. The summed E-state index contributed by atoms with van der Waals surface area (Å²) in [6, 6.07) is 0.252. The molecule has 0 saturated carbocycles. The monoisotopic (exact) mass is 300 g/mol. The number of ether oxygens (including phenoxy) is 2. The minimum absolute atomic E-state index is 0.252. The molecule has 21 heavy (non-hydrogen) atoms. The summed E-state index contributed by atoms with van der Waals surface area (Å²) in [6.07, 6.45) is 3.26. The Kier molecular flexibility index (Phi) is 7.46. The van der Waals surface area contributed by atoms with E-state index in [1.54, 1.807) is 0 Å². The molecule has 2 unspecified atom stereocenters. The fourth-order valence-electron chi connectivity index (χ4n) is 2.43. The Balaban J connectivity index is 2.32. The van der Waals surface area contributed by atoms with Crippen molar-refractivity contribution in [2.45, 2.75) is 71.6 Å². The van der Waals surface area contributed by atoms with Crippen LogP contribution >= 0.6 is 0 Å². The van der Waals surface area contributed by atoms with Crippen LogP contribution in [0, 0.1) is 5.92 Å². The molecule has 1 rings (SSSR count). The molecule has 1 aliphatic rings. The van der Waals surface area contributed by atoms with Crippen molar-refractivity contribution in [3.05, 3.63) is 0 Å². The minimum atomic E-state index is -0.456. The third-order valence-corrected chi connectivity index (χ3v) is 3.31. The highest BCUT2D eigenvalue weighted by molar-refractivity contribution is 5.67. The molecule has 2 atom stereocenters. The maximum absolute atomic E-state index is 11.7. The summed E-state index contributed by atoms with van der Waals surface area (Å²) in [5.41, 5.74) is -0.456. The van der Waals surface area contributed by atoms with Crippen molar-refractivity contribution in [1.29, 1.82) is 0 Å². The van der Waals surface area contributed by atoms with Crippen molar-refractivity contribution in [3.8, 4) is 0 Å². The van der Waals surface area contributed by atoms with E-state index in [1.807, 2.05) is 20.8 Å². The first-order chi connectivity index (χ1) is 9.76. The standard InChI is InChI=1S/C16H32N2O3/c1-12(2)9-13(17-11-14-7-6-8-20-14)10-18-15(19)21-16(3,4)5/h12-14,17H,6-11H2,1-5H3,(H,18,19). The lowest BCUT2D eigenvalue weighted by Gasteiger charge is -2.24. The molecule has 5 heteroatoms. The first kappa shape index (κ1) is 18.2. The number of hydrogen-bond acceptors (Lipinski definition) is 4. The first-order valence-electron chi connectivity index (χ1n) is 8.08. The zero-order valence-corrected chi connectivity index (χ0v) is 14.2. The van der Waals surface area contributed by atoms with Gasteiger partial charge in [-0.3, -0.25) is 0 Å². The zero-order chi connectivity index (χ0) is 15.9. The van der Waals surface area contributed by atoms with Crippen LogP contribution < -0.4 is 10.6 Å². The largest absolute Gasteiger partial charge is 0.444 e. The van der Waals surface area contributed by atoms with Crippen molar-refractivity contribution in [3.63, 3.8) is 0 Å². The van der Waals surface area contributed by atoms with Crippen LogP contribution in [0.5, 0.6) is 0 Å². The van der Waals surface area contributed by atoms with Crippen LogP contribution in [0.2, 0.25) is 0 Å². The van der Waals surface area contributed by atoms with Gasteiger partial charge in [0.05, 0.1) is 6.10 Å². The Morgan fingerprint density at radius 2 is 2.10 bits per heavy atom. The van der Waals surface area contributed by atoms with Gasteiger partial charge in [-0.25, -0.2) is 4.79 Å². The van der Waals surface area contributed by atoms with Crippen molar-refractivity contribution in [1.82, 2.24) is 10.6 Å². The topological polar surface area (TPSA) is 59.6 Å². The second-order valence-corrected chi connectivity index (χ2v) is 7.25. The molecule has 1 fully saturated rings. The van der Waals surface area contributed by atoms with Gasteiger partial charge in [0, 0.05) is 25.7 Å². The summed E-state index contributed by atoms with van der Waals surface area (Å²) >= 11 is 0. The van der Waals surface area contributed by atoms with Crippen LogP contribution in [0.25, 0.3) is 0 Å². The molecule has 2 N–H and O–H groups in total. The lowest BCUT2D eigenvalue weighted by Crippen LogP contribution is -2.45. The van der Waals surface area contributed by atoms with Crippen LogP contribution in [-0.4, -0.2) is 43.5 Å². The van der Waals surface area contributed by atoms with Crippen LogP contribution in [0.1, 0.15) is 53.9 Å². The van der Waals surface area contributed by atoms with Crippen LogP contribution in [0.4, 0.5) is 4.79 Å². The molecule has 0 spiro atoms. The number of alkyl carbamates (subject to hydrolysis) is 1. The van der Waals surface area contributed by atoms with Crippen molar-refractivity contribution in [2.75, 3.05) is 19.7 Å². The average Bonchev–Trinajstić information content (AvgIpc) is 2.83. The predicted molar refractivity (Wildman–Crippen MR) is 84.5 cm³/mol. The van der Waals surface area contributed by atoms with Crippen LogP contribution in [0.3, 0.4) is 0 Å². The van der Waals surface area contributed by atoms with Gasteiger partial charge in [-0.1, -0.05) is 13.8 Å². The molecule has 0 bridgehead atoms. The van der Waals surface area contributed by atoms with Crippen LogP contribution in [-0.2, 0) is 9.47 Å². The third-order valence-electron chi connectivity index (χ3n) is 3.31. The van der Waals surface area contributed by atoms with Gasteiger partial charge in [0.2, 0.25) is 0 Å². The predicted octanol–water partition coefficient (Wildman–Crippen LogP) is 2.69. The smallest absolute Gasteiger partial charge is 0.407 e. The highest BCUT2D eigenvalue weighted by Gasteiger charge is 2.20. The lowest BCUT2D eigenvalue weighted by molar-refractivity contribution is 0.0519. The average molecular weight is 300 g/mol. The summed E-state index contributed by atoms with van der Waals surface area (Å²) in [5, 5.41) is 6.37. The Morgan fingerprint density at radius 3 is 2.62 bits per heavy atom. The molecular formula is C16H32N2O3. The van der Waals surface area contributed by atoms with E-state index in [9.17, 15) is 4.79 Å². The second kappa shape index (κ2) is 8.59. The Bertz CT molecular complexity index is 307. The molecule has 0 aromatic carbocycles. The summed E-state index contributed by atoms with van der Waals surface area (Å²) in [4.78, 5) is 11.7. The molecule has 1 aliphatic heterocycles. The number of rotatable bonds is 7. The molecule has 0 aliphatic carbocycles. The summed E-state index contributed by atoms with van der Waals surface area (Å²) in [5.74, 6) is 0.576. The normalized spacial score (nSPS) is 20.6. The Morgan fingerprint density at radius 1 is 1.38 bits per heavy atom.